The van der Waals surface area contributed by atoms with Crippen molar-refractivity contribution in [2.75, 3.05) is 33.4 Å². The Balaban J connectivity index is 1.52. The van der Waals surface area contributed by atoms with Crippen LogP contribution in [0.3, 0.4) is 0 Å². The zero-order valence-electron chi connectivity index (χ0n) is 23.3. The molecule has 1 aliphatic rings. The Bertz CT molecular complexity index is 1500. The number of carbonyl (C=O) groups excluding carboxylic acids is 1. The lowest BCUT2D eigenvalue weighted by molar-refractivity contribution is -0.146. The molecule has 214 valence electrons. The molecule has 0 bridgehead atoms. The third-order valence-electron chi connectivity index (χ3n) is 7.84. The summed E-state index contributed by atoms with van der Waals surface area (Å²) >= 11 is 6.85. The second-order valence-corrected chi connectivity index (χ2v) is 10.9. The predicted octanol–water partition coefficient (Wildman–Crippen LogP) is 5.56. The van der Waals surface area contributed by atoms with Crippen LogP contribution in [0.4, 0.5) is 0 Å². The van der Waals surface area contributed by atoms with E-state index in [-0.39, 0.29) is 12.5 Å². The van der Waals surface area contributed by atoms with Crippen LogP contribution in [0.25, 0.3) is 22.0 Å². The maximum absolute atomic E-state index is 13.5. The van der Waals surface area contributed by atoms with Crippen molar-refractivity contribution in [1.82, 2.24) is 9.88 Å². The lowest BCUT2D eigenvalue weighted by Gasteiger charge is -2.43. The summed E-state index contributed by atoms with van der Waals surface area (Å²) in [5.41, 5.74) is 8.90. The highest BCUT2D eigenvalue weighted by Gasteiger charge is 2.44. The second-order valence-electron chi connectivity index (χ2n) is 10.5. The molecule has 1 fully saturated rings. The molecule has 5 rings (SSSR count). The number of morpholine rings is 1. The number of unbranched alkanes of at least 4 members (excludes halogenated alkanes) is 1. The Morgan fingerprint density at radius 2 is 1.95 bits per heavy atom. The highest BCUT2D eigenvalue weighted by Crippen LogP contribution is 2.43. The predicted molar refractivity (Wildman–Crippen MR) is 162 cm³/mol. The molecular weight excluding hydrogens is 538 g/mol. The van der Waals surface area contributed by atoms with Gasteiger partial charge in [-0.3, -0.25) is 9.78 Å². The monoisotopic (exact) mass is 573 g/mol. The van der Waals surface area contributed by atoms with Gasteiger partial charge < -0.3 is 25.2 Å². The van der Waals surface area contributed by atoms with Gasteiger partial charge in [-0.1, -0.05) is 54.1 Å². The fraction of sp³-hybridized carbons (Fsp3) is 0.333. The Hall–Kier alpha value is -3.33. The van der Waals surface area contributed by atoms with Crippen LogP contribution in [0, 0.1) is 0 Å². The zero-order valence-corrected chi connectivity index (χ0v) is 24.0. The molecule has 1 amide bonds. The number of rotatable bonds is 10. The van der Waals surface area contributed by atoms with Gasteiger partial charge in [0.25, 0.3) is 5.91 Å². The quantitative estimate of drug-likeness (QED) is 0.241. The summed E-state index contributed by atoms with van der Waals surface area (Å²) in [6, 6.07) is 22.8. The van der Waals surface area contributed by atoms with Crippen LogP contribution in [0.15, 0.2) is 79.0 Å². The molecule has 7 nitrogen and oxygen atoms in total. The molecule has 1 saturated heterocycles. The van der Waals surface area contributed by atoms with E-state index in [1.165, 1.54) is 0 Å². The van der Waals surface area contributed by atoms with E-state index in [4.69, 9.17) is 26.8 Å². The van der Waals surface area contributed by atoms with Crippen LogP contribution in [-0.4, -0.2) is 60.4 Å². The molecule has 0 aliphatic carbocycles. The first kappa shape index (κ1) is 29.2. The first-order chi connectivity index (χ1) is 19.9. The Morgan fingerprint density at radius 1 is 1.15 bits per heavy atom. The number of pyridine rings is 1. The molecule has 2 heterocycles. The average Bonchev–Trinajstić information content (AvgIpc) is 3.02. The third-order valence-corrected chi connectivity index (χ3v) is 8.15. The molecule has 0 unspecified atom stereocenters. The molecule has 2 atom stereocenters. The normalized spacial score (nSPS) is 17.0. The van der Waals surface area contributed by atoms with Crippen molar-refractivity contribution >= 4 is 28.4 Å². The number of nitrogens with two attached hydrogens (primary N) is 1. The van der Waals surface area contributed by atoms with E-state index in [1.54, 1.807) is 30.3 Å². The van der Waals surface area contributed by atoms with Gasteiger partial charge in [-0.2, -0.15) is 0 Å². The second kappa shape index (κ2) is 13.1. The Kier molecular flexibility index (Phi) is 9.32. The summed E-state index contributed by atoms with van der Waals surface area (Å²) in [7, 11) is 1.67. The standard InChI is InChI=1S/C33H36ClN3O4/c1-40-17-5-4-15-33(39,30-22-37(16-18-41-30)32(38)24-13-11-23(20-35)12-14-24)27-8-6-9-28(34)31(27)26-19-25-7-2-3-10-29(25)36-21-26/h2-3,6-14,19,21,30,39H,4-5,15-18,20,22,35H2,1H3/t30-,33+/m1/s1. The molecule has 1 aliphatic heterocycles. The molecule has 41 heavy (non-hydrogen) atoms. The van der Waals surface area contributed by atoms with Gasteiger partial charge in [0.1, 0.15) is 11.7 Å². The molecule has 0 spiro atoms. The van der Waals surface area contributed by atoms with Gasteiger partial charge in [0, 0.05) is 60.1 Å². The van der Waals surface area contributed by atoms with Crippen LogP contribution in [0.1, 0.15) is 40.7 Å². The number of nitrogens with zero attached hydrogens (tertiary/aromatic N) is 2. The molecule has 3 aromatic carbocycles. The van der Waals surface area contributed by atoms with Gasteiger partial charge in [0.2, 0.25) is 0 Å². The summed E-state index contributed by atoms with van der Waals surface area (Å²) < 4.78 is 11.5. The van der Waals surface area contributed by atoms with Crippen LogP contribution in [0.5, 0.6) is 0 Å². The minimum absolute atomic E-state index is 0.103. The van der Waals surface area contributed by atoms with Crippen molar-refractivity contribution in [3.05, 3.63) is 101 Å². The lowest BCUT2D eigenvalue weighted by Crippen LogP contribution is -2.54. The number of para-hydroxylation sites is 1. The summed E-state index contributed by atoms with van der Waals surface area (Å²) in [5.74, 6) is -0.103. The lowest BCUT2D eigenvalue weighted by atomic mass is 9.79. The molecule has 3 N–H and O–H groups in total. The fourth-order valence-corrected chi connectivity index (χ4v) is 5.87. The minimum Gasteiger partial charge on any atom is -0.385 e. The van der Waals surface area contributed by atoms with Gasteiger partial charge in [0.05, 0.1) is 18.7 Å². The van der Waals surface area contributed by atoms with E-state index in [2.05, 4.69) is 4.98 Å². The molecule has 4 aromatic rings. The van der Waals surface area contributed by atoms with Crippen molar-refractivity contribution in [2.24, 2.45) is 5.73 Å². The number of ether oxygens (including phenoxy) is 2. The Labute approximate surface area is 245 Å². The Morgan fingerprint density at radius 3 is 2.73 bits per heavy atom. The van der Waals surface area contributed by atoms with E-state index in [0.29, 0.717) is 60.9 Å². The van der Waals surface area contributed by atoms with Crippen molar-refractivity contribution < 1.29 is 19.4 Å². The molecule has 1 aromatic heterocycles. The highest BCUT2D eigenvalue weighted by atomic mass is 35.5. The summed E-state index contributed by atoms with van der Waals surface area (Å²) in [6.45, 7) is 1.98. The van der Waals surface area contributed by atoms with Crippen LogP contribution in [0.2, 0.25) is 5.02 Å². The van der Waals surface area contributed by atoms with E-state index in [1.807, 2.05) is 60.7 Å². The number of fused-ring (bicyclic) bond motifs is 1. The largest absolute Gasteiger partial charge is 0.385 e. The van der Waals surface area contributed by atoms with Gasteiger partial charge in [-0.15, -0.1) is 0 Å². The van der Waals surface area contributed by atoms with E-state index >= 15 is 0 Å². The number of hydrogen-bond acceptors (Lipinski definition) is 6. The minimum atomic E-state index is -1.43. The topological polar surface area (TPSA) is 97.9 Å². The first-order valence-electron chi connectivity index (χ1n) is 14.0. The van der Waals surface area contributed by atoms with E-state index < -0.39 is 11.7 Å². The van der Waals surface area contributed by atoms with Gasteiger partial charge in [-0.05, 0) is 60.7 Å². The van der Waals surface area contributed by atoms with Crippen LogP contribution in [-0.2, 0) is 21.6 Å². The molecule has 0 radical (unpaired) electrons. The summed E-state index contributed by atoms with van der Waals surface area (Å²) in [6.07, 6.45) is 3.00. The summed E-state index contributed by atoms with van der Waals surface area (Å²) in [5, 5.41) is 14.1. The van der Waals surface area contributed by atoms with Crippen molar-refractivity contribution in [3.8, 4) is 11.1 Å². The average molecular weight is 574 g/mol. The number of aromatic nitrogens is 1. The first-order valence-corrected chi connectivity index (χ1v) is 14.4. The molecule has 8 heteroatoms. The SMILES string of the molecule is COCCCC[C@](O)(c1cccc(Cl)c1-c1cnc2ccccc2c1)[C@H]1CN(C(=O)c2ccc(CN)cc2)CCO1. The fourth-order valence-electron chi connectivity index (χ4n) is 5.58. The molecular formula is C33H36ClN3O4. The van der Waals surface area contributed by atoms with E-state index in [0.717, 1.165) is 28.5 Å². The van der Waals surface area contributed by atoms with Gasteiger partial charge in [0.15, 0.2) is 0 Å². The number of benzene rings is 3. The number of methoxy groups -OCH3 is 1. The third kappa shape index (κ3) is 6.30. The number of carbonyl (C=O) groups is 1. The summed E-state index contributed by atoms with van der Waals surface area (Å²) in [4.78, 5) is 19.9. The highest BCUT2D eigenvalue weighted by molar-refractivity contribution is 6.33. The molecule has 0 saturated carbocycles. The number of halogens is 1. The smallest absolute Gasteiger partial charge is 0.254 e. The van der Waals surface area contributed by atoms with Crippen LogP contribution < -0.4 is 5.73 Å². The maximum atomic E-state index is 13.5. The van der Waals surface area contributed by atoms with Crippen molar-refractivity contribution in [3.63, 3.8) is 0 Å². The van der Waals surface area contributed by atoms with Gasteiger partial charge >= 0.3 is 0 Å². The number of amides is 1. The van der Waals surface area contributed by atoms with Crippen molar-refractivity contribution in [1.29, 1.82) is 0 Å². The van der Waals surface area contributed by atoms with Crippen LogP contribution >= 0.6 is 11.6 Å². The zero-order chi connectivity index (χ0) is 28.8. The van der Waals surface area contributed by atoms with Gasteiger partial charge in [-0.25, -0.2) is 0 Å². The maximum Gasteiger partial charge on any atom is 0.254 e. The van der Waals surface area contributed by atoms with E-state index in [9.17, 15) is 9.90 Å². The number of aliphatic hydroxyl groups is 1. The van der Waals surface area contributed by atoms with Crippen molar-refractivity contribution in [2.45, 2.75) is 37.5 Å². The number of hydrogen-bond donors (Lipinski definition) is 2.